The zero-order valence-electron chi connectivity index (χ0n) is 16.6. The number of halogens is 3. The van der Waals surface area contributed by atoms with Crippen LogP contribution in [0.4, 0.5) is 14.5 Å². The zero-order valence-corrected chi connectivity index (χ0v) is 17.4. The van der Waals surface area contributed by atoms with Gasteiger partial charge in [-0.25, -0.2) is 23.4 Å². The molecule has 1 aliphatic rings. The molecule has 0 aliphatic carbocycles. The predicted octanol–water partition coefficient (Wildman–Crippen LogP) is 3.51. The van der Waals surface area contributed by atoms with Gasteiger partial charge in [0.1, 0.15) is 11.6 Å². The van der Waals surface area contributed by atoms with Crippen LogP contribution in [0.1, 0.15) is 11.3 Å². The third kappa shape index (κ3) is 5.01. The minimum Gasteiger partial charge on any atom is -0.369 e. The van der Waals surface area contributed by atoms with E-state index in [2.05, 4.69) is 32.1 Å². The molecule has 9 heteroatoms. The lowest BCUT2D eigenvalue weighted by Gasteiger charge is -2.35. The lowest BCUT2D eigenvalue weighted by Crippen LogP contribution is -2.46. The molecule has 1 saturated heterocycles. The molecule has 0 saturated carbocycles. The van der Waals surface area contributed by atoms with E-state index in [1.54, 1.807) is 29.3 Å². The molecular weight excluding hydrogens is 410 g/mol. The standard InChI is InChI=1S/C21H22F2N6.ClH/c1-16-17(15-26-29(16)21-24-5-3-6-25-21)4-2-7-27-8-10-28(11-9-27)20-13-18(22)12-19(23)14-20;/h2-6,12-15H,7-11H2,1H3;1H. The normalized spacial score (nSPS) is 14.8. The molecule has 1 fully saturated rings. The van der Waals surface area contributed by atoms with E-state index in [0.717, 1.165) is 50.0 Å². The Hall–Kier alpha value is -2.84. The molecule has 1 aromatic carbocycles. The van der Waals surface area contributed by atoms with Gasteiger partial charge in [0.25, 0.3) is 5.95 Å². The summed E-state index contributed by atoms with van der Waals surface area (Å²) in [6.07, 6.45) is 9.35. The van der Waals surface area contributed by atoms with Crippen molar-refractivity contribution in [3.63, 3.8) is 0 Å². The van der Waals surface area contributed by atoms with Crippen molar-refractivity contribution in [3.05, 3.63) is 71.8 Å². The van der Waals surface area contributed by atoms with Gasteiger partial charge < -0.3 is 4.90 Å². The Morgan fingerprint density at radius 3 is 2.33 bits per heavy atom. The SMILES string of the molecule is Cc1c(C=CCN2CCN(c3cc(F)cc(F)c3)CC2)cnn1-c1ncccn1.Cl. The zero-order chi connectivity index (χ0) is 20.2. The van der Waals surface area contributed by atoms with Gasteiger partial charge in [0, 0.05) is 62.4 Å². The predicted molar refractivity (Wildman–Crippen MR) is 115 cm³/mol. The summed E-state index contributed by atoms with van der Waals surface area (Å²) >= 11 is 0. The van der Waals surface area contributed by atoms with Crippen molar-refractivity contribution in [2.75, 3.05) is 37.6 Å². The van der Waals surface area contributed by atoms with E-state index >= 15 is 0 Å². The first kappa shape index (κ1) is 21.9. The van der Waals surface area contributed by atoms with E-state index in [4.69, 9.17) is 0 Å². The van der Waals surface area contributed by atoms with Gasteiger partial charge in [0.05, 0.1) is 11.9 Å². The fourth-order valence-corrected chi connectivity index (χ4v) is 3.43. The van der Waals surface area contributed by atoms with Crippen LogP contribution in [0.15, 0.2) is 48.9 Å². The molecule has 0 atom stereocenters. The Balaban J connectivity index is 0.00000256. The van der Waals surface area contributed by atoms with Crippen molar-refractivity contribution in [2.45, 2.75) is 6.92 Å². The maximum atomic E-state index is 13.4. The molecule has 0 radical (unpaired) electrons. The molecule has 30 heavy (non-hydrogen) atoms. The van der Waals surface area contributed by atoms with E-state index in [1.807, 2.05) is 11.8 Å². The summed E-state index contributed by atoms with van der Waals surface area (Å²) in [6.45, 7) is 5.92. The highest BCUT2D eigenvalue weighted by molar-refractivity contribution is 5.85. The smallest absolute Gasteiger partial charge is 0.250 e. The number of rotatable bonds is 5. The average Bonchev–Trinajstić information content (AvgIpc) is 3.09. The highest BCUT2D eigenvalue weighted by Gasteiger charge is 2.17. The summed E-state index contributed by atoms with van der Waals surface area (Å²) in [6, 6.07) is 5.44. The second kappa shape index (κ2) is 9.77. The summed E-state index contributed by atoms with van der Waals surface area (Å²) in [5.41, 5.74) is 2.60. The van der Waals surface area contributed by atoms with Gasteiger partial charge in [-0.05, 0) is 25.1 Å². The first-order valence-electron chi connectivity index (χ1n) is 9.52. The first-order chi connectivity index (χ1) is 14.1. The molecule has 3 aromatic rings. The van der Waals surface area contributed by atoms with Crippen LogP contribution in [0.5, 0.6) is 0 Å². The van der Waals surface area contributed by atoms with Gasteiger partial charge in [0.15, 0.2) is 0 Å². The number of aromatic nitrogens is 4. The van der Waals surface area contributed by atoms with E-state index in [0.29, 0.717) is 11.6 Å². The van der Waals surface area contributed by atoms with Gasteiger partial charge in [-0.1, -0.05) is 12.2 Å². The second-order valence-electron chi connectivity index (χ2n) is 6.96. The topological polar surface area (TPSA) is 50.1 Å². The summed E-state index contributed by atoms with van der Waals surface area (Å²) in [7, 11) is 0. The monoisotopic (exact) mass is 432 g/mol. The van der Waals surface area contributed by atoms with Crippen LogP contribution in [-0.4, -0.2) is 57.4 Å². The van der Waals surface area contributed by atoms with Gasteiger partial charge >= 0.3 is 0 Å². The number of anilines is 1. The molecule has 0 amide bonds. The molecule has 158 valence electrons. The minimum atomic E-state index is -0.540. The Labute approximate surface area is 180 Å². The fourth-order valence-electron chi connectivity index (χ4n) is 3.43. The van der Waals surface area contributed by atoms with E-state index in [1.165, 1.54) is 12.1 Å². The van der Waals surface area contributed by atoms with Crippen molar-refractivity contribution in [2.24, 2.45) is 0 Å². The van der Waals surface area contributed by atoms with Crippen molar-refractivity contribution in [3.8, 4) is 5.95 Å². The second-order valence-corrected chi connectivity index (χ2v) is 6.96. The molecule has 0 spiro atoms. The molecule has 1 aliphatic heterocycles. The summed E-state index contributed by atoms with van der Waals surface area (Å²) in [4.78, 5) is 12.8. The Morgan fingerprint density at radius 1 is 1.00 bits per heavy atom. The molecule has 0 N–H and O–H groups in total. The Morgan fingerprint density at radius 2 is 1.67 bits per heavy atom. The van der Waals surface area contributed by atoms with Crippen molar-refractivity contribution >= 4 is 24.2 Å². The number of hydrogen-bond donors (Lipinski definition) is 0. The number of hydrogen-bond acceptors (Lipinski definition) is 5. The third-order valence-corrected chi connectivity index (χ3v) is 5.04. The highest BCUT2D eigenvalue weighted by Crippen LogP contribution is 2.20. The van der Waals surface area contributed by atoms with Crippen molar-refractivity contribution < 1.29 is 8.78 Å². The number of piperazine rings is 1. The van der Waals surface area contributed by atoms with E-state index in [-0.39, 0.29) is 12.4 Å². The summed E-state index contributed by atoms with van der Waals surface area (Å²) < 4.78 is 28.6. The number of benzene rings is 1. The van der Waals surface area contributed by atoms with Crippen LogP contribution in [0.25, 0.3) is 12.0 Å². The van der Waals surface area contributed by atoms with Crippen LogP contribution in [0.3, 0.4) is 0 Å². The first-order valence-corrected chi connectivity index (χ1v) is 9.52. The molecule has 0 bridgehead atoms. The molecule has 3 heterocycles. The van der Waals surface area contributed by atoms with Crippen molar-refractivity contribution in [1.29, 1.82) is 0 Å². The van der Waals surface area contributed by atoms with Gasteiger partial charge in [0.2, 0.25) is 0 Å². The summed E-state index contributed by atoms with van der Waals surface area (Å²) in [5.74, 6) is -0.529. The third-order valence-electron chi connectivity index (χ3n) is 5.04. The summed E-state index contributed by atoms with van der Waals surface area (Å²) in [5, 5.41) is 4.37. The molecule has 4 rings (SSSR count). The van der Waals surface area contributed by atoms with Gasteiger partial charge in [-0.3, -0.25) is 4.90 Å². The number of nitrogens with zero attached hydrogens (tertiary/aromatic N) is 6. The van der Waals surface area contributed by atoms with Gasteiger partial charge in [-0.15, -0.1) is 12.4 Å². The molecule has 6 nitrogen and oxygen atoms in total. The Kier molecular flexibility index (Phi) is 7.12. The van der Waals surface area contributed by atoms with E-state index in [9.17, 15) is 8.78 Å². The van der Waals surface area contributed by atoms with Crippen molar-refractivity contribution in [1.82, 2.24) is 24.6 Å². The fraction of sp³-hybridized carbons (Fsp3) is 0.286. The van der Waals surface area contributed by atoms with Crippen LogP contribution in [-0.2, 0) is 0 Å². The van der Waals surface area contributed by atoms with E-state index < -0.39 is 11.6 Å². The van der Waals surface area contributed by atoms with Crippen LogP contribution in [0.2, 0.25) is 0 Å². The largest absolute Gasteiger partial charge is 0.369 e. The van der Waals surface area contributed by atoms with Crippen LogP contribution < -0.4 is 4.90 Å². The van der Waals surface area contributed by atoms with Crippen LogP contribution in [0, 0.1) is 18.6 Å². The Bertz CT molecular complexity index is 980. The molecule has 0 unspecified atom stereocenters. The van der Waals surface area contributed by atoms with Crippen LogP contribution >= 0.6 is 12.4 Å². The lowest BCUT2D eigenvalue weighted by molar-refractivity contribution is 0.284. The maximum absolute atomic E-state index is 13.4. The van der Waals surface area contributed by atoms with Gasteiger partial charge in [-0.2, -0.15) is 5.10 Å². The average molecular weight is 433 g/mol. The minimum absolute atomic E-state index is 0. The maximum Gasteiger partial charge on any atom is 0.250 e. The highest BCUT2D eigenvalue weighted by atomic mass is 35.5. The molecule has 2 aromatic heterocycles. The molecular formula is C21H23ClF2N6. The quantitative estimate of drug-likeness (QED) is 0.617. The lowest BCUT2D eigenvalue weighted by atomic mass is 10.2.